The molecule has 0 aliphatic carbocycles. The Bertz CT molecular complexity index is 661. The van der Waals surface area contributed by atoms with Gasteiger partial charge in [0.05, 0.1) is 5.54 Å². The molecule has 3 nitrogen and oxygen atoms in total. The van der Waals surface area contributed by atoms with Gasteiger partial charge in [-0.25, -0.2) is 9.18 Å². The van der Waals surface area contributed by atoms with Gasteiger partial charge in [0.1, 0.15) is 5.82 Å². The molecular formula is C19H23FN2O. The lowest BCUT2D eigenvalue weighted by Crippen LogP contribution is -2.43. The molecule has 2 rings (SSSR count). The minimum Gasteiger partial charge on any atom is -0.329 e. The van der Waals surface area contributed by atoms with Crippen LogP contribution in [0.2, 0.25) is 0 Å². The minimum atomic E-state index is -0.602. The molecule has 0 saturated carbocycles. The van der Waals surface area contributed by atoms with Crippen LogP contribution in [-0.2, 0) is 5.54 Å². The summed E-state index contributed by atoms with van der Waals surface area (Å²) in [7, 11) is 0. The lowest BCUT2D eigenvalue weighted by atomic mass is 9.94. The number of amides is 2. The topological polar surface area (TPSA) is 41.1 Å². The smallest absolute Gasteiger partial charge is 0.319 e. The van der Waals surface area contributed by atoms with Crippen molar-refractivity contribution in [1.82, 2.24) is 5.32 Å². The van der Waals surface area contributed by atoms with Crippen LogP contribution in [0.25, 0.3) is 0 Å². The largest absolute Gasteiger partial charge is 0.329 e. The average molecular weight is 314 g/mol. The van der Waals surface area contributed by atoms with Gasteiger partial charge in [-0.2, -0.15) is 0 Å². The first-order valence-corrected chi connectivity index (χ1v) is 7.73. The van der Waals surface area contributed by atoms with Crippen molar-refractivity contribution in [1.29, 1.82) is 0 Å². The molecule has 0 aliphatic heterocycles. The van der Waals surface area contributed by atoms with E-state index in [-0.39, 0.29) is 11.8 Å². The molecule has 0 aliphatic rings. The predicted molar refractivity (Wildman–Crippen MR) is 92.1 cm³/mol. The Balaban J connectivity index is 2.02. The van der Waals surface area contributed by atoms with Gasteiger partial charge in [0.25, 0.3) is 0 Å². The molecule has 0 heterocycles. The van der Waals surface area contributed by atoms with Crippen molar-refractivity contribution in [3.05, 3.63) is 65.5 Å². The zero-order chi connectivity index (χ0) is 17.0. The highest BCUT2D eigenvalue weighted by Gasteiger charge is 2.22. The van der Waals surface area contributed by atoms with Crippen molar-refractivity contribution < 1.29 is 9.18 Å². The molecule has 0 saturated heterocycles. The highest BCUT2D eigenvalue weighted by atomic mass is 19.1. The quantitative estimate of drug-likeness (QED) is 0.818. The zero-order valence-corrected chi connectivity index (χ0v) is 14.0. The molecule has 0 spiro atoms. The van der Waals surface area contributed by atoms with Gasteiger partial charge in [0.15, 0.2) is 0 Å². The molecule has 2 amide bonds. The third-order valence-electron chi connectivity index (χ3n) is 3.83. The number of anilines is 1. The van der Waals surface area contributed by atoms with Crippen LogP contribution in [0.3, 0.4) is 0 Å². The standard InChI is InChI=1S/C19H23FN2O/c1-13(2)14-5-11-17(12-6-14)21-18(23)22-19(3,4)15-7-9-16(20)10-8-15/h5-13H,1-4H3,(H2,21,22,23). The molecule has 0 atom stereocenters. The molecule has 122 valence electrons. The summed E-state index contributed by atoms with van der Waals surface area (Å²) in [6.07, 6.45) is 0. The number of urea groups is 1. The van der Waals surface area contributed by atoms with E-state index in [1.54, 1.807) is 12.1 Å². The lowest BCUT2D eigenvalue weighted by molar-refractivity contribution is 0.242. The summed E-state index contributed by atoms with van der Waals surface area (Å²) in [4.78, 5) is 12.2. The van der Waals surface area contributed by atoms with Gasteiger partial charge >= 0.3 is 6.03 Å². The van der Waals surface area contributed by atoms with Crippen molar-refractivity contribution in [2.24, 2.45) is 0 Å². The number of benzene rings is 2. The highest BCUT2D eigenvalue weighted by Crippen LogP contribution is 2.21. The molecule has 23 heavy (non-hydrogen) atoms. The summed E-state index contributed by atoms with van der Waals surface area (Å²) in [5.74, 6) is 0.162. The minimum absolute atomic E-state index is 0.292. The normalized spacial score (nSPS) is 11.4. The van der Waals surface area contributed by atoms with Crippen LogP contribution >= 0.6 is 0 Å². The summed E-state index contributed by atoms with van der Waals surface area (Å²) in [6, 6.07) is 13.6. The second-order valence-electron chi connectivity index (χ2n) is 6.49. The summed E-state index contributed by atoms with van der Waals surface area (Å²) >= 11 is 0. The van der Waals surface area contributed by atoms with Crippen LogP contribution in [0, 0.1) is 5.82 Å². The summed E-state index contributed by atoms with van der Waals surface area (Å²) in [5.41, 5.74) is 2.20. The van der Waals surface area contributed by atoms with E-state index in [9.17, 15) is 9.18 Å². The Morgan fingerprint density at radius 2 is 1.57 bits per heavy atom. The molecule has 2 aromatic rings. The molecule has 0 bridgehead atoms. The Hall–Kier alpha value is -2.36. The van der Waals surface area contributed by atoms with E-state index in [1.165, 1.54) is 17.7 Å². The second kappa shape index (κ2) is 6.82. The zero-order valence-electron chi connectivity index (χ0n) is 14.0. The van der Waals surface area contributed by atoms with Crippen molar-refractivity contribution >= 4 is 11.7 Å². The third kappa shape index (κ3) is 4.55. The molecule has 0 aromatic heterocycles. The van der Waals surface area contributed by atoms with Crippen molar-refractivity contribution in [3.63, 3.8) is 0 Å². The van der Waals surface area contributed by atoms with Crippen LogP contribution in [-0.4, -0.2) is 6.03 Å². The Labute approximate surface area is 136 Å². The van der Waals surface area contributed by atoms with Gasteiger partial charge in [-0.1, -0.05) is 38.1 Å². The van der Waals surface area contributed by atoms with Crippen LogP contribution in [0.5, 0.6) is 0 Å². The van der Waals surface area contributed by atoms with Gasteiger partial charge in [0.2, 0.25) is 0 Å². The molecule has 0 radical (unpaired) electrons. The van der Waals surface area contributed by atoms with Crippen LogP contribution in [0.1, 0.15) is 44.7 Å². The first kappa shape index (κ1) is 17.0. The summed E-state index contributed by atoms with van der Waals surface area (Å²) in [5, 5.41) is 5.73. The van der Waals surface area contributed by atoms with E-state index >= 15 is 0 Å². The van der Waals surface area contributed by atoms with Crippen molar-refractivity contribution in [2.45, 2.75) is 39.2 Å². The van der Waals surface area contributed by atoms with Crippen LogP contribution in [0.15, 0.2) is 48.5 Å². The molecule has 4 heteroatoms. The number of hydrogen-bond acceptors (Lipinski definition) is 1. The fourth-order valence-electron chi connectivity index (χ4n) is 2.34. The fraction of sp³-hybridized carbons (Fsp3) is 0.316. The highest BCUT2D eigenvalue weighted by molar-refractivity contribution is 5.89. The van der Waals surface area contributed by atoms with Gasteiger partial charge in [-0.3, -0.25) is 0 Å². The van der Waals surface area contributed by atoms with Gasteiger partial charge in [-0.15, -0.1) is 0 Å². The van der Waals surface area contributed by atoms with Gasteiger partial charge in [0, 0.05) is 5.69 Å². The monoisotopic (exact) mass is 314 g/mol. The molecule has 2 aromatic carbocycles. The van der Waals surface area contributed by atoms with E-state index in [0.29, 0.717) is 5.92 Å². The molecule has 0 unspecified atom stereocenters. The molecular weight excluding hydrogens is 291 g/mol. The Kier molecular flexibility index (Phi) is 5.04. The number of halogens is 1. The number of hydrogen-bond donors (Lipinski definition) is 2. The lowest BCUT2D eigenvalue weighted by Gasteiger charge is -2.27. The van der Waals surface area contributed by atoms with E-state index in [4.69, 9.17) is 0 Å². The van der Waals surface area contributed by atoms with E-state index < -0.39 is 5.54 Å². The molecule has 2 N–H and O–H groups in total. The van der Waals surface area contributed by atoms with Crippen molar-refractivity contribution in [3.8, 4) is 0 Å². The average Bonchev–Trinajstić information content (AvgIpc) is 2.47. The second-order valence-corrected chi connectivity index (χ2v) is 6.49. The number of nitrogens with one attached hydrogen (secondary N) is 2. The predicted octanol–water partition coefficient (Wildman–Crippen LogP) is 5.01. The molecule has 0 fully saturated rings. The number of rotatable bonds is 4. The fourth-order valence-corrected chi connectivity index (χ4v) is 2.34. The maximum Gasteiger partial charge on any atom is 0.319 e. The Morgan fingerprint density at radius 1 is 1.00 bits per heavy atom. The van der Waals surface area contributed by atoms with E-state index in [1.807, 2.05) is 38.1 Å². The van der Waals surface area contributed by atoms with Crippen LogP contribution in [0.4, 0.5) is 14.9 Å². The van der Waals surface area contributed by atoms with E-state index in [2.05, 4.69) is 24.5 Å². The van der Waals surface area contributed by atoms with Gasteiger partial charge < -0.3 is 10.6 Å². The number of carbonyl (C=O) groups is 1. The summed E-state index contributed by atoms with van der Waals surface area (Å²) in [6.45, 7) is 8.00. The van der Waals surface area contributed by atoms with Gasteiger partial charge in [-0.05, 0) is 55.2 Å². The first-order valence-electron chi connectivity index (χ1n) is 7.73. The SMILES string of the molecule is CC(C)c1ccc(NC(=O)NC(C)(C)c2ccc(F)cc2)cc1. The maximum absolute atomic E-state index is 13.0. The van der Waals surface area contributed by atoms with E-state index in [0.717, 1.165) is 11.3 Å². The summed E-state index contributed by atoms with van der Waals surface area (Å²) < 4.78 is 13.0. The third-order valence-corrected chi connectivity index (χ3v) is 3.83. The number of carbonyl (C=O) groups excluding carboxylic acids is 1. The first-order chi connectivity index (χ1) is 10.8. The Morgan fingerprint density at radius 3 is 2.09 bits per heavy atom. The van der Waals surface area contributed by atoms with Crippen molar-refractivity contribution in [2.75, 3.05) is 5.32 Å². The van der Waals surface area contributed by atoms with Crippen LogP contribution < -0.4 is 10.6 Å². The maximum atomic E-state index is 13.0.